The molecule has 3 heteroatoms. The monoisotopic (exact) mass is 246 g/mol. The molecule has 0 saturated heterocycles. The number of carboxylic acid groups (broad SMARTS) is 1. The molecule has 1 fully saturated rings. The van der Waals surface area contributed by atoms with Crippen LogP contribution in [0.15, 0.2) is 30.3 Å². The van der Waals surface area contributed by atoms with E-state index in [1.165, 1.54) is 19.3 Å². The number of hydrogen-bond donors (Lipinski definition) is 1. The van der Waals surface area contributed by atoms with Gasteiger partial charge in [0.1, 0.15) is 0 Å². The number of ether oxygens (including phenoxy) is 1. The first kappa shape index (κ1) is 12.8. The molecule has 0 aromatic heterocycles. The van der Waals surface area contributed by atoms with Crippen molar-refractivity contribution in [1.29, 1.82) is 0 Å². The zero-order valence-corrected chi connectivity index (χ0v) is 10.3. The fourth-order valence-electron chi connectivity index (χ4n) is 1.74. The molecule has 0 spiro atoms. The normalized spacial score (nSPS) is 15.1. The van der Waals surface area contributed by atoms with Gasteiger partial charge in [-0.15, -0.1) is 0 Å². The number of rotatable bonds is 7. The van der Waals surface area contributed by atoms with Gasteiger partial charge in [-0.05, 0) is 29.5 Å². The average molecular weight is 246 g/mol. The van der Waals surface area contributed by atoms with Gasteiger partial charge in [-0.2, -0.15) is 0 Å². The molecule has 0 atom stereocenters. The molecule has 96 valence electrons. The van der Waals surface area contributed by atoms with Crippen molar-refractivity contribution in [2.24, 2.45) is 5.92 Å². The van der Waals surface area contributed by atoms with Gasteiger partial charge in [0.2, 0.25) is 0 Å². The van der Waals surface area contributed by atoms with E-state index in [1.807, 2.05) is 24.3 Å². The van der Waals surface area contributed by atoms with Crippen LogP contribution in [0.2, 0.25) is 0 Å². The smallest absolute Gasteiger partial charge is 0.328 e. The quantitative estimate of drug-likeness (QED) is 0.594. The summed E-state index contributed by atoms with van der Waals surface area (Å²) in [7, 11) is 0. The minimum Gasteiger partial charge on any atom is -0.478 e. The van der Waals surface area contributed by atoms with Gasteiger partial charge in [0, 0.05) is 12.7 Å². The van der Waals surface area contributed by atoms with E-state index < -0.39 is 5.97 Å². The largest absolute Gasteiger partial charge is 0.478 e. The summed E-state index contributed by atoms with van der Waals surface area (Å²) in [6.07, 6.45) is 6.64. The highest BCUT2D eigenvalue weighted by molar-refractivity contribution is 5.85. The van der Waals surface area contributed by atoms with Crippen LogP contribution in [0.5, 0.6) is 0 Å². The number of carbonyl (C=O) groups is 1. The van der Waals surface area contributed by atoms with Gasteiger partial charge in [0.15, 0.2) is 0 Å². The first-order chi connectivity index (χ1) is 8.74. The summed E-state index contributed by atoms with van der Waals surface area (Å²) >= 11 is 0. The maximum atomic E-state index is 10.4. The fourth-order valence-corrected chi connectivity index (χ4v) is 1.74. The fraction of sp³-hybridized carbons (Fsp3) is 0.400. The minimum atomic E-state index is -0.928. The molecule has 1 saturated carbocycles. The molecule has 3 nitrogen and oxygen atoms in total. The summed E-state index contributed by atoms with van der Waals surface area (Å²) in [5.74, 6) is -0.0176. The maximum absolute atomic E-state index is 10.4. The number of aliphatic carboxylic acids is 1. The third kappa shape index (κ3) is 4.72. The predicted molar refractivity (Wildman–Crippen MR) is 70.1 cm³/mol. The van der Waals surface area contributed by atoms with Crippen LogP contribution in [0.3, 0.4) is 0 Å². The highest BCUT2D eigenvalue weighted by Gasteiger charge is 2.20. The average Bonchev–Trinajstić information content (AvgIpc) is 3.17. The Morgan fingerprint density at radius 3 is 2.67 bits per heavy atom. The molecule has 1 aliphatic rings. The summed E-state index contributed by atoms with van der Waals surface area (Å²) in [4.78, 5) is 10.4. The summed E-state index contributed by atoms with van der Waals surface area (Å²) < 4.78 is 5.60. The lowest BCUT2D eigenvalue weighted by Crippen LogP contribution is -1.96. The van der Waals surface area contributed by atoms with Crippen molar-refractivity contribution < 1.29 is 14.6 Å². The Kier molecular flexibility index (Phi) is 4.53. The van der Waals surface area contributed by atoms with E-state index in [0.29, 0.717) is 6.61 Å². The molecule has 18 heavy (non-hydrogen) atoms. The van der Waals surface area contributed by atoms with Crippen LogP contribution in [0.4, 0.5) is 0 Å². The van der Waals surface area contributed by atoms with Crippen molar-refractivity contribution >= 4 is 12.0 Å². The van der Waals surface area contributed by atoms with E-state index in [9.17, 15) is 4.79 Å². The van der Waals surface area contributed by atoms with Gasteiger partial charge in [-0.25, -0.2) is 4.79 Å². The van der Waals surface area contributed by atoms with Crippen LogP contribution in [-0.4, -0.2) is 17.7 Å². The first-order valence-corrected chi connectivity index (χ1v) is 6.32. The second-order valence-electron chi connectivity index (χ2n) is 4.70. The number of hydrogen-bond acceptors (Lipinski definition) is 2. The molecular weight excluding hydrogens is 228 g/mol. The SMILES string of the molecule is O=C(O)/C=C/c1ccc(COCCC2CC2)cc1. The second-order valence-corrected chi connectivity index (χ2v) is 4.70. The van der Waals surface area contributed by atoms with Crippen molar-refractivity contribution in [2.75, 3.05) is 6.61 Å². The van der Waals surface area contributed by atoms with Crippen LogP contribution in [-0.2, 0) is 16.1 Å². The van der Waals surface area contributed by atoms with Crippen LogP contribution < -0.4 is 0 Å². The molecule has 0 aliphatic heterocycles. The Bertz CT molecular complexity index is 416. The summed E-state index contributed by atoms with van der Waals surface area (Å²) in [6.45, 7) is 1.47. The van der Waals surface area contributed by atoms with Crippen LogP contribution in [0, 0.1) is 5.92 Å². The molecule has 0 amide bonds. The Morgan fingerprint density at radius 2 is 2.06 bits per heavy atom. The van der Waals surface area contributed by atoms with E-state index in [-0.39, 0.29) is 0 Å². The molecule has 1 aromatic carbocycles. The van der Waals surface area contributed by atoms with E-state index in [2.05, 4.69) is 0 Å². The summed E-state index contributed by atoms with van der Waals surface area (Å²) in [5.41, 5.74) is 2.01. The van der Waals surface area contributed by atoms with E-state index in [1.54, 1.807) is 6.08 Å². The second kappa shape index (κ2) is 6.36. The van der Waals surface area contributed by atoms with Gasteiger partial charge >= 0.3 is 5.97 Å². The van der Waals surface area contributed by atoms with Crippen molar-refractivity contribution in [2.45, 2.75) is 25.9 Å². The van der Waals surface area contributed by atoms with Gasteiger partial charge in [0.25, 0.3) is 0 Å². The van der Waals surface area contributed by atoms with Gasteiger partial charge < -0.3 is 9.84 Å². The molecule has 0 heterocycles. The third-order valence-corrected chi connectivity index (χ3v) is 3.03. The minimum absolute atomic E-state index is 0.635. The van der Waals surface area contributed by atoms with Gasteiger partial charge in [-0.1, -0.05) is 37.1 Å². The first-order valence-electron chi connectivity index (χ1n) is 6.32. The lowest BCUT2D eigenvalue weighted by atomic mass is 10.1. The van der Waals surface area contributed by atoms with Crippen molar-refractivity contribution in [3.8, 4) is 0 Å². The number of carboxylic acids is 1. The van der Waals surface area contributed by atoms with Crippen LogP contribution >= 0.6 is 0 Å². The van der Waals surface area contributed by atoms with E-state index >= 15 is 0 Å². The van der Waals surface area contributed by atoms with Crippen molar-refractivity contribution in [3.63, 3.8) is 0 Å². The highest BCUT2D eigenvalue weighted by atomic mass is 16.5. The molecule has 2 rings (SSSR count). The predicted octanol–water partition coefficient (Wildman–Crippen LogP) is 3.10. The Hall–Kier alpha value is -1.61. The maximum Gasteiger partial charge on any atom is 0.328 e. The molecule has 1 N–H and O–H groups in total. The summed E-state index contributed by atoms with van der Waals surface area (Å²) in [6, 6.07) is 7.75. The molecule has 0 radical (unpaired) electrons. The topological polar surface area (TPSA) is 46.5 Å². The highest BCUT2D eigenvalue weighted by Crippen LogP contribution is 2.32. The lowest BCUT2D eigenvalue weighted by molar-refractivity contribution is -0.131. The van der Waals surface area contributed by atoms with E-state index in [4.69, 9.17) is 9.84 Å². The lowest BCUT2D eigenvalue weighted by Gasteiger charge is -2.04. The number of benzene rings is 1. The van der Waals surface area contributed by atoms with Crippen LogP contribution in [0.25, 0.3) is 6.08 Å². The molecule has 0 bridgehead atoms. The molecular formula is C15H18O3. The zero-order chi connectivity index (χ0) is 12.8. The molecule has 1 aliphatic carbocycles. The van der Waals surface area contributed by atoms with Gasteiger partial charge in [-0.3, -0.25) is 0 Å². The Balaban J connectivity index is 1.73. The Labute approximate surface area is 107 Å². The van der Waals surface area contributed by atoms with Crippen LogP contribution in [0.1, 0.15) is 30.4 Å². The standard InChI is InChI=1S/C15H18O3/c16-15(17)8-7-12-3-5-14(6-4-12)11-18-10-9-13-1-2-13/h3-8,13H,1-2,9-11H2,(H,16,17)/b8-7+. The molecule has 0 unspecified atom stereocenters. The third-order valence-electron chi connectivity index (χ3n) is 3.03. The van der Waals surface area contributed by atoms with Gasteiger partial charge in [0.05, 0.1) is 6.61 Å². The Morgan fingerprint density at radius 1 is 1.33 bits per heavy atom. The molecule has 1 aromatic rings. The summed E-state index contributed by atoms with van der Waals surface area (Å²) in [5, 5.41) is 8.52. The zero-order valence-electron chi connectivity index (χ0n) is 10.3. The van der Waals surface area contributed by atoms with Crippen molar-refractivity contribution in [1.82, 2.24) is 0 Å². The van der Waals surface area contributed by atoms with Crippen molar-refractivity contribution in [3.05, 3.63) is 41.5 Å². The van der Waals surface area contributed by atoms with E-state index in [0.717, 1.165) is 29.7 Å².